The van der Waals surface area contributed by atoms with Crippen molar-refractivity contribution in [3.8, 4) is 0 Å². The highest BCUT2D eigenvalue weighted by atomic mass is 79.9. The topological polar surface area (TPSA) is 37.8 Å². The van der Waals surface area contributed by atoms with Crippen molar-refractivity contribution in [1.82, 2.24) is 9.97 Å². The number of aryl methyl sites for hydroxylation is 1. The number of benzene rings is 1. The molecule has 0 saturated heterocycles. The predicted octanol–water partition coefficient (Wildman–Crippen LogP) is 5.95. The molecule has 2 aromatic heterocycles. The monoisotopic (exact) mass is 405 g/mol. The molecule has 3 rings (SSSR count). The van der Waals surface area contributed by atoms with Crippen LogP contribution in [0.3, 0.4) is 0 Å². The molecule has 21 heavy (non-hydrogen) atoms. The van der Waals surface area contributed by atoms with Gasteiger partial charge in [-0.25, -0.2) is 9.37 Å². The van der Waals surface area contributed by atoms with E-state index in [-0.39, 0.29) is 10.3 Å². The largest absolute Gasteiger partial charge is 0.337 e. The van der Waals surface area contributed by atoms with Gasteiger partial charge in [-0.3, -0.25) is 0 Å². The van der Waals surface area contributed by atoms with Gasteiger partial charge in [0.15, 0.2) is 0 Å². The van der Waals surface area contributed by atoms with E-state index in [1.807, 2.05) is 13.0 Å². The zero-order valence-corrected chi connectivity index (χ0v) is 14.5. The molecule has 3 aromatic rings. The van der Waals surface area contributed by atoms with Crippen molar-refractivity contribution in [2.24, 2.45) is 0 Å². The van der Waals surface area contributed by atoms with Crippen LogP contribution in [0.1, 0.15) is 4.88 Å². The summed E-state index contributed by atoms with van der Waals surface area (Å²) in [6.45, 7) is 1.98. The molecule has 0 amide bonds. The zero-order valence-electron chi connectivity index (χ0n) is 10.5. The van der Waals surface area contributed by atoms with Crippen LogP contribution in [0.5, 0.6) is 0 Å². The van der Waals surface area contributed by atoms with Gasteiger partial charge >= 0.3 is 0 Å². The van der Waals surface area contributed by atoms with Gasteiger partial charge in [-0.05, 0) is 52.7 Å². The summed E-state index contributed by atoms with van der Waals surface area (Å²) in [5.41, 5.74) is 0.526. The molecule has 0 aliphatic heterocycles. The second-order valence-electron chi connectivity index (χ2n) is 4.29. The van der Waals surface area contributed by atoms with Crippen LogP contribution >= 0.6 is 50.5 Å². The van der Waals surface area contributed by atoms with E-state index in [1.54, 1.807) is 0 Å². The van der Waals surface area contributed by atoms with Gasteiger partial charge in [0.25, 0.3) is 0 Å². The molecule has 3 nitrogen and oxygen atoms in total. The molecule has 0 saturated carbocycles. The smallest absolute Gasteiger partial charge is 0.225 e. The highest BCUT2D eigenvalue weighted by molar-refractivity contribution is 9.10. The van der Waals surface area contributed by atoms with Crippen LogP contribution in [0.4, 0.5) is 15.9 Å². The number of hydrogen-bond donors (Lipinski definition) is 1. The van der Waals surface area contributed by atoms with Gasteiger partial charge in [-0.1, -0.05) is 11.6 Å². The maximum Gasteiger partial charge on any atom is 0.225 e. The Labute approximate surface area is 142 Å². The van der Waals surface area contributed by atoms with Gasteiger partial charge in [-0.15, -0.1) is 11.3 Å². The first-order valence-electron chi connectivity index (χ1n) is 5.79. The van der Waals surface area contributed by atoms with Crippen LogP contribution in [0.2, 0.25) is 10.3 Å². The van der Waals surface area contributed by atoms with E-state index in [0.717, 1.165) is 15.1 Å². The fraction of sp³-hybridized carbons (Fsp3) is 0.0769. The molecule has 1 aromatic carbocycles. The van der Waals surface area contributed by atoms with E-state index in [9.17, 15) is 4.39 Å². The minimum absolute atomic E-state index is 0.140. The van der Waals surface area contributed by atoms with E-state index >= 15 is 0 Å². The molecular weight excluding hydrogens is 400 g/mol. The number of rotatable bonds is 2. The van der Waals surface area contributed by atoms with E-state index in [0.29, 0.717) is 16.0 Å². The first kappa shape index (κ1) is 15.0. The van der Waals surface area contributed by atoms with Gasteiger partial charge in [0.1, 0.15) is 16.5 Å². The van der Waals surface area contributed by atoms with Crippen molar-refractivity contribution < 1.29 is 4.39 Å². The Morgan fingerprint density at radius 3 is 2.71 bits per heavy atom. The normalized spacial score (nSPS) is 11.1. The Hall–Kier alpha value is -0.950. The molecule has 0 unspecified atom stereocenters. The molecule has 0 bridgehead atoms. The van der Waals surface area contributed by atoms with Crippen LogP contribution in [0, 0.1) is 12.7 Å². The Morgan fingerprint density at radius 2 is 2.00 bits per heavy atom. The van der Waals surface area contributed by atoms with Gasteiger partial charge < -0.3 is 5.32 Å². The number of thiophene rings is 1. The van der Waals surface area contributed by atoms with Crippen LogP contribution in [0.15, 0.2) is 22.7 Å². The summed E-state index contributed by atoms with van der Waals surface area (Å²) >= 11 is 16.8. The number of nitrogens with zero attached hydrogens (tertiary/aromatic N) is 2. The Morgan fingerprint density at radius 1 is 1.24 bits per heavy atom. The second-order valence-corrected chi connectivity index (χ2v) is 7.12. The lowest BCUT2D eigenvalue weighted by Gasteiger charge is -2.11. The van der Waals surface area contributed by atoms with Gasteiger partial charge in [0.05, 0.1) is 16.1 Å². The average molecular weight is 407 g/mol. The number of aromatic nitrogens is 2. The highest BCUT2D eigenvalue weighted by Crippen LogP contribution is 2.37. The van der Waals surface area contributed by atoms with Crippen LogP contribution in [-0.4, -0.2) is 9.97 Å². The number of fused-ring (bicyclic) bond motifs is 1. The molecule has 8 heteroatoms. The van der Waals surface area contributed by atoms with E-state index in [1.165, 1.54) is 23.5 Å². The molecule has 2 heterocycles. The van der Waals surface area contributed by atoms with Crippen molar-refractivity contribution in [2.75, 3.05) is 5.32 Å². The highest BCUT2D eigenvalue weighted by Gasteiger charge is 2.14. The molecule has 0 fully saturated rings. The number of nitrogens with one attached hydrogen (secondary N) is 1. The number of hydrogen-bond acceptors (Lipinski definition) is 4. The molecule has 108 valence electrons. The fourth-order valence-corrected chi connectivity index (χ4v) is 3.89. The fourth-order valence-electron chi connectivity index (χ4n) is 1.89. The molecule has 1 N–H and O–H groups in total. The Kier molecular flexibility index (Phi) is 4.05. The van der Waals surface area contributed by atoms with Crippen molar-refractivity contribution >= 4 is 72.2 Å². The molecule has 0 radical (unpaired) electrons. The molecule has 0 aliphatic rings. The van der Waals surface area contributed by atoms with E-state index in [4.69, 9.17) is 23.2 Å². The first-order chi connectivity index (χ1) is 9.94. The van der Waals surface area contributed by atoms with E-state index < -0.39 is 5.82 Å². The lowest BCUT2D eigenvalue weighted by molar-refractivity contribution is 0.627. The third-order valence-electron chi connectivity index (χ3n) is 2.74. The summed E-state index contributed by atoms with van der Waals surface area (Å²) in [7, 11) is 0. The summed E-state index contributed by atoms with van der Waals surface area (Å²) in [5, 5.41) is 4.32. The first-order valence-corrected chi connectivity index (χ1v) is 8.16. The summed E-state index contributed by atoms with van der Waals surface area (Å²) < 4.78 is 13.8. The summed E-state index contributed by atoms with van der Waals surface area (Å²) in [5.74, 6) is 0.109. The van der Waals surface area contributed by atoms with Gasteiger partial charge in [0.2, 0.25) is 5.28 Å². The van der Waals surface area contributed by atoms with Crippen molar-refractivity contribution in [3.63, 3.8) is 0 Å². The van der Waals surface area contributed by atoms with Crippen molar-refractivity contribution in [1.29, 1.82) is 0 Å². The standard InChI is InChI=1S/C13H7BrCl2FN3S/c1-5-2-7-11(19-13(16)20-12(7)21-5)18-10-8(14)3-6(17)4-9(10)15/h2-4H,1H3,(H,18,19,20). The minimum atomic E-state index is -0.422. The SMILES string of the molecule is Cc1cc2c(Nc3c(Cl)cc(F)cc3Br)nc(Cl)nc2s1. The Balaban J connectivity index is 2.14. The Bertz CT molecular complexity index is 830. The van der Waals surface area contributed by atoms with Gasteiger partial charge in [-0.2, -0.15) is 4.98 Å². The lowest BCUT2D eigenvalue weighted by atomic mass is 10.3. The zero-order chi connectivity index (χ0) is 15.1. The third kappa shape index (κ3) is 2.99. The van der Waals surface area contributed by atoms with E-state index in [2.05, 4.69) is 31.2 Å². The third-order valence-corrected chi connectivity index (χ3v) is 4.78. The maximum absolute atomic E-state index is 13.3. The summed E-state index contributed by atoms with van der Waals surface area (Å²) in [4.78, 5) is 10.3. The minimum Gasteiger partial charge on any atom is -0.337 e. The quantitative estimate of drug-likeness (QED) is 0.534. The van der Waals surface area contributed by atoms with Crippen molar-refractivity contribution in [3.05, 3.63) is 43.7 Å². The summed E-state index contributed by atoms with van der Waals surface area (Å²) in [6, 6.07) is 4.52. The van der Waals surface area contributed by atoms with Crippen LogP contribution in [0.25, 0.3) is 10.2 Å². The summed E-state index contributed by atoms with van der Waals surface area (Å²) in [6.07, 6.45) is 0. The second kappa shape index (κ2) is 5.68. The molecule has 0 spiro atoms. The average Bonchev–Trinajstić information content (AvgIpc) is 2.73. The van der Waals surface area contributed by atoms with Crippen LogP contribution in [-0.2, 0) is 0 Å². The lowest BCUT2D eigenvalue weighted by Crippen LogP contribution is -1.98. The van der Waals surface area contributed by atoms with Crippen LogP contribution < -0.4 is 5.32 Å². The van der Waals surface area contributed by atoms with Crippen molar-refractivity contribution in [2.45, 2.75) is 6.92 Å². The number of halogens is 4. The molecular formula is C13H7BrCl2FN3S. The molecule has 0 atom stereocenters. The van der Waals surface area contributed by atoms with Gasteiger partial charge in [0, 0.05) is 9.35 Å². The molecule has 0 aliphatic carbocycles. The predicted molar refractivity (Wildman–Crippen MR) is 89.6 cm³/mol. The number of anilines is 2. The maximum atomic E-state index is 13.3.